The SMILES string of the molecule is CCCN(c1c(F)cccc1CNCCOC)C1CC1. The van der Waals surface area contributed by atoms with Crippen molar-refractivity contribution in [1.82, 2.24) is 5.32 Å². The third-order valence-electron chi connectivity index (χ3n) is 3.61. The number of nitrogens with one attached hydrogen (secondary N) is 1. The molecular weight excluding hydrogens is 255 g/mol. The Morgan fingerprint density at radius 1 is 1.40 bits per heavy atom. The number of halogens is 1. The monoisotopic (exact) mass is 280 g/mol. The number of nitrogens with zero attached hydrogens (tertiary/aromatic N) is 1. The standard InChI is InChI=1S/C16H25FN2O/c1-3-10-19(14-7-8-14)16-13(5-4-6-15(16)17)12-18-9-11-20-2/h4-6,14,18H,3,7-12H2,1-2H3. The number of anilines is 1. The first kappa shape index (κ1) is 15.3. The molecule has 0 radical (unpaired) electrons. The van der Waals surface area contributed by atoms with Crippen molar-refractivity contribution in [1.29, 1.82) is 0 Å². The van der Waals surface area contributed by atoms with Gasteiger partial charge in [0.25, 0.3) is 0 Å². The number of rotatable bonds is 9. The van der Waals surface area contributed by atoms with Crippen molar-refractivity contribution in [3.8, 4) is 0 Å². The maximum Gasteiger partial charge on any atom is 0.146 e. The first-order valence-corrected chi connectivity index (χ1v) is 7.51. The molecule has 2 rings (SSSR count). The Balaban J connectivity index is 2.12. The van der Waals surface area contributed by atoms with Gasteiger partial charge in [-0.15, -0.1) is 0 Å². The largest absolute Gasteiger partial charge is 0.383 e. The number of benzene rings is 1. The molecule has 0 unspecified atom stereocenters. The van der Waals surface area contributed by atoms with E-state index < -0.39 is 0 Å². The molecular formula is C16H25FN2O. The van der Waals surface area contributed by atoms with Crippen LogP contribution in [0.15, 0.2) is 18.2 Å². The van der Waals surface area contributed by atoms with Crippen molar-refractivity contribution in [3.05, 3.63) is 29.6 Å². The average molecular weight is 280 g/mol. The number of hydrogen-bond acceptors (Lipinski definition) is 3. The molecule has 0 spiro atoms. The highest BCUT2D eigenvalue weighted by Gasteiger charge is 2.31. The van der Waals surface area contributed by atoms with Crippen molar-refractivity contribution < 1.29 is 9.13 Å². The van der Waals surface area contributed by atoms with E-state index in [0.29, 0.717) is 19.2 Å². The highest BCUT2D eigenvalue weighted by atomic mass is 19.1. The summed E-state index contributed by atoms with van der Waals surface area (Å²) in [6, 6.07) is 5.91. The molecule has 112 valence electrons. The van der Waals surface area contributed by atoms with E-state index in [2.05, 4.69) is 17.1 Å². The van der Waals surface area contributed by atoms with Crippen LogP contribution in [0.3, 0.4) is 0 Å². The normalized spacial score (nSPS) is 14.6. The van der Waals surface area contributed by atoms with Crippen molar-refractivity contribution >= 4 is 5.69 Å². The first-order valence-electron chi connectivity index (χ1n) is 7.51. The van der Waals surface area contributed by atoms with Gasteiger partial charge in [0, 0.05) is 32.8 Å². The fraction of sp³-hybridized carbons (Fsp3) is 0.625. The summed E-state index contributed by atoms with van der Waals surface area (Å²) in [5.41, 5.74) is 1.84. The molecule has 0 amide bonds. The maximum atomic E-state index is 14.3. The second-order valence-corrected chi connectivity index (χ2v) is 5.34. The number of ether oxygens (including phenoxy) is 1. The van der Waals surface area contributed by atoms with Crippen LogP contribution in [0.5, 0.6) is 0 Å². The van der Waals surface area contributed by atoms with Gasteiger partial charge in [0.2, 0.25) is 0 Å². The third kappa shape index (κ3) is 3.93. The minimum absolute atomic E-state index is 0.101. The third-order valence-corrected chi connectivity index (χ3v) is 3.61. The molecule has 0 saturated heterocycles. The Hall–Kier alpha value is -1.13. The Morgan fingerprint density at radius 3 is 2.85 bits per heavy atom. The van der Waals surface area contributed by atoms with Gasteiger partial charge in [-0.05, 0) is 30.9 Å². The van der Waals surface area contributed by atoms with Crippen LogP contribution in [-0.2, 0) is 11.3 Å². The van der Waals surface area contributed by atoms with E-state index in [0.717, 1.165) is 30.8 Å². The van der Waals surface area contributed by atoms with E-state index in [1.807, 2.05) is 6.07 Å². The van der Waals surface area contributed by atoms with E-state index in [1.165, 1.54) is 12.8 Å². The van der Waals surface area contributed by atoms with Crippen molar-refractivity contribution in [3.63, 3.8) is 0 Å². The molecule has 3 nitrogen and oxygen atoms in total. The molecule has 0 heterocycles. The Kier molecular flexibility index (Phi) is 5.80. The fourth-order valence-electron chi connectivity index (χ4n) is 2.53. The molecule has 1 N–H and O–H groups in total. The van der Waals surface area contributed by atoms with E-state index in [-0.39, 0.29) is 5.82 Å². The Bertz CT molecular complexity index is 421. The Morgan fingerprint density at radius 2 is 2.20 bits per heavy atom. The predicted molar refractivity (Wildman–Crippen MR) is 80.6 cm³/mol. The lowest BCUT2D eigenvalue weighted by Crippen LogP contribution is -2.29. The minimum atomic E-state index is -0.101. The number of para-hydroxylation sites is 1. The summed E-state index contributed by atoms with van der Waals surface area (Å²) < 4.78 is 19.3. The minimum Gasteiger partial charge on any atom is -0.383 e. The molecule has 0 atom stereocenters. The van der Waals surface area contributed by atoms with Gasteiger partial charge in [0.15, 0.2) is 0 Å². The van der Waals surface area contributed by atoms with Gasteiger partial charge in [0.05, 0.1) is 12.3 Å². The quantitative estimate of drug-likeness (QED) is 0.704. The van der Waals surface area contributed by atoms with Crippen LogP contribution < -0.4 is 10.2 Å². The molecule has 1 saturated carbocycles. The summed E-state index contributed by atoms with van der Waals surface area (Å²) in [5.74, 6) is -0.101. The highest BCUT2D eigenvalue weighted by molar-refractivity contribution is 5.56. The number of methoxy groups -OCH3 is 1. The van der Waals surface area contributed by atoms with E-state index in [9.17, 15) is 4.39 Å². The molecule has 1 aliphatic carbocycles. The van der Waals surface area contributed by atoms with Crippen LogP contribution in [0.1, 0.15) is 31.7 Å². The summed E-state index contributed by atoms with van der Waals surface area (Å²) in [5, 5.41) is 3.31. The van der Waals surface area contributed by atoms with E-state index >= 15 is 0 Å². The van der Waals surface area contributed by atoms with Crippen LogP contribution in [0.2, 0.25) is 0 Å². The summed E-state index contributed by atoms with van der Waals surface area (Å²) in [4.78, 5) is 2.25. The van der Waals surface area contributed by atoms with Crippen LogP contribution in [0, 0.1) is 5.82 Å². The molecule has 0 bridgehead atoms. The van der Waals surface area contributed by atoms with Crippen molar-refractivity contribution in [2.45, 2.75) is 38.8 Å². The van der Waals surface area contributed by atoms with Gasteiger partial charge in [0.1, 0.15) is 5.82 Å². The molecule has 20 heavy (non-hydrogen) atoms. The molecule has 1 aromatic carbocycles. The molecule has 1 aliphatic rings. The molecule has 1 fully saturated rings. The predicted octanol–water partition coefficient (Wildman–Crippen LogP) is 2.94. The molecule has 0 aliphatic heterocycles. The van der Waals surface area contributed by atoms with Gasteiger partial charge >= 0.3 is 0 Å². The average Bonchev–Trinajstić information content (AvgIpc) is 3.26. The topological polar surface area (TPSA) is 24.5 Å². The van der Waals surface area contributed by atoms with Crippen LogP contribution in [0.25, 0.3) is 0 Å². The zero-order chi connectivity index (χ0) is 14.4. The summed E-state index contributed by atoms with van der Waals surface area (Å²) in [6.45, 7) is 5.21. The zero-order valence-corrected chi connectivity index (χ0v) is 12.5. The van der Waals surface area contributed by atoms with Crippen LogP contribution >= 0.6 is 0 Å². The van der Waals surface area contributed by atoms with Crippen LogP contribution in [0.4, 0.5) is 10.1 Å². The number of hydrogen-bond donors (Lipinski definition) is 1. The van der Waals surface area contributed by atoms with Crippen molar-refractivity contribution in [2.24, 2.45) is 0 Å². The maximum absolute atomic E-state index is 14.3. The van der Waals surface area contributed by atoms with E-state index in [4.69, 9.17) is 4.74 Å². The van der Waals surface area contributed by atoms with Crippen LogP contribution in [-0.4, -0.2) is 32.8 Å². The summed E-state index contributed by atoms with van der Waals surface area (Å²) >= 11 is 0. The van der Waals surface area contributed by atoms with E-state index in [1.54, 1.807) is 19.2 Å². The Labute approximate surface area is 121 Å². The van der Waals surface area contributed by atoms with Gasteiger partial charge in [-0.2, -0.15) is 0 Å². The summed E-state index contributed by atoms with van der Waals surface area (Å²) in [6.07, 6.45) is 3.41. The molecule has 0 aromatic heterocycles. The van der Waals surface area contributed by atoms with Gasteiger partial charge in [-0.25, -0.2) is 4.39 Å². The molecule has 1 aromatic rings. The molecule has 4 heteroatoms. The van der Waals surface area contributed by atoms with Crippen molar-refractivity contribution in [2.75, 3.05) is 31.7 Å². The highest BCUT2D eigenvalue weighted by Crippen LogP contribution is 2.35. The lowest BCUT2D eigenvalue weighted by molar-refractivity contribution is 0.199. The first-order chi connectivity index (χ1) is 9.77. The lowest BCUT2D eigenvalue weighted by atomic mass is 10.1. The van der Waals surface area contributed by atoms with Gasteiger partial charge in [-0.1, -0.05) is 19.1 Å². The summed E-state index contributed by atoms with van der Waals surface area (Å²) in [7, 11) is 1.69. The second kappa shape index (κ2) is 7.60. The zero-order valence-electron chi connectivity index (χ0n) is 12.5. The fourth-order valence-corrected chi connectivity index (χ4v) is 2.53. The van der Waals surface area contributed by atoms with Gasteiger partial charge < -0.3 is 15.0 Å². The lowest BCUT2D eigenvalue weighted by Gasteiger charge is -2.27. The second-order valence-electron chi connectivity index (χ2n) is 5.34. The smallest absolute Gasteiger partial charge is 0.146 e. The van der Waals surface area contributed by atoms with Gasteiger partial charge in [-0.3, -0.25) is 0 Å².